The molecule has 0 aromatic carbocycles. The van der Waals surface area contributed by atoms with Gasteiger partial charge in [-0.25, -0.2) is 8.78 Å². The van der Waals surface area contributed by atoms with E-state index in [1.54, 1.807) is 7.05 Å². The maximum absolute atomic E-state index is 12.3. The highest BCUT2D eigenvalue weighted by molar-refractivity contribution is 4.86. The molecule has 0 radical (unpaired) electrons. The summed E-state index contributed by atoms with van der Waals surface area (Å²) in [5.41, 5.74) is 0. The minimum Gasteiger partial charge on any atom is -0.317 e. The van der Waals surface area contributed by atoms with Crippen LogP contribution in [-0.2, 0) is 0 Å². The first-order chi connectivity index (χ1) is 4.24. The third-order valence-corrected chi connectivity index (χ3v) is 1.82. The summed E-state index contributed by atoms with van der Waals surface area (Å²) in [6.45, 7) is 0. The summed E-state index contributed by atoms with van der Waals surface area (Å²) in [5.74, 6) is 0. The van der Waals surface area contributed by atoms with E-state index in [-0.39, 0.29) is 6.04 Å². The SMILES string of the molecule is CNC1CC(F)C(F)C1. The predicted molar refractivity (Wildman–Crippen MR) is 31.9 cm³/mol. The Hall–Kier alpha value is -0.180. The van der Waals surface area contributed by atoms with Crippen LogP contribution in [0.15, 0.2) is 0 Å². The molecule has 0 bridgehead atoms. The van der Waals surface area contributed by atoms with Gasteiger partial charge in [0.2, 0.25) is 0 Å². The number of nitrogens with one attached hydrogen (secondary N) is 1. The van der Waals surface area contributed by atoms with Crippen molar-refractivity contribution in [3.63, 3.8) is 0 Å². The molecule has 0 amide bonds. The monoisotopic (exact) mass is 135 g/mol. The van der Waals surface area contributed by atoms with Gasteiger partial charge in [0.05, 0.1) is 0 Å². The smallest absolute Gasteiger partial charge is 0.133 e. The second-order valence-corrected chi connectivity index (χ2v) is 2.49. The third-order valence-electron chi connectivity index (χ3n) is 1.82. The standard InChI is InChI=1S/C6H11F2N/c1-9-4-2-5(7)6(8)3-4/h4-6,9H,2-3H2,1H3. The molecule has 0 heterocycles. The molecule has 0 aromatic heterocycles. The molecule has 0 aromatic rings. The van der Waals surface area contributed by atoms with Gasteiger partial charge in [0.25, 0.3) is 0 Å². The largest absolute Gasteiger partial charge is 0.317 e. The van der Waals surface area contributed by atoms with Gasteiger partial charge in [-0.1, -0.05) is 0 Å². The summed E-state index contributed by atoms with van der Waals surface area (Å²) in [6.07, 6.45) is -1.81. The van der Waals surface area contributed by atoms with Gasteiger partial charge < -0.3 is 5.32 Å². The van der Waals surface area contributed by atoms with Crippen LogP contribution >= 0.6 is 0 Å². The van der Waals surface area contributed by atoms with Crippen LogP contribution in [0.1, 0.15) is 12.8 Å². The lowest BCUT2D eigenvalue weighted by Crippen LogP contribution is -2.21. The number of hydrogen-bond acceptors (Lipinski definition) is 1. The van der Waals surface area contributed by atoms with Crippen molar-refractivity contribution in [3.8, 4) is 0 Å². The number of alkyl halides is 2. The van der Waals surface area contributed by atoms with E-state index in [0.29, 0.717) is 12.8 Å². The topological polar surface area (TPSA) is 12.0 Å². The summed E-state index contributed by atoms with van der Waals surface area (Å²) in [6, 6.07) is 0.0509. The fourth-order valence-electron chi connectivity index (χ4n) is 1.17. The van der Waals surface area contributed by atoms with E-state index in [0.717, 1.165) is 0 Å². The zero-order chi connectivity index (χ0) is 6.85. The van der Waals surface area contributed by atoms with Gasteiger partial charge in [-0.2, -0.15) is 0 Å². The molecular weight excluding hydrogens is 124 g/mol. The Balaban J connectivity index is 2.35. The molecule has 1 rings (SSSR count). The summed E-state index contributed by atoms with van der Waals surface area (Å²) >= 11 is 0. The molecule has 1 fully saturated rings. The second kappa shape index (κ2) is 2.60. The molecule has 1 saturated carbocycles. The van der Waals surface area contributed by atoms with Crippen molar-refractivity contribution in [3.05, 3.63) is 0 Å². The molecule has 54 valence electrons. The lowest BCUT2D eigenvalue weighted by atomic mass is 10.3. The van der Waals surface area contributed by atoms with Crippen molar-refractivity contribution in [1.29, 1.82) is 0 Å². The van der Waals surface area contributed by atoms with Crippen molar-refractivity contribution in [2.45, 2.75) is 31.2 Å². The van der Waals surface area contributed by atoms with Crippen LogP contribution in [0.25, 0.3) is 0 Å². The molecule has 3 heteroatoms. The normalized spacial score (nSPS) is 43.7. The van der Waals surface area contributed by atoms with E-state index in [9.17, 15) is 8.78 Å². The highest BCUT2D eigenvalue weighted by atomic mass is 19.2. The molecule has 1 aliphatic carbocycles. The predicted octanol–water partition coefficient (Wildman–Crippen LogP) is 1.04. The molecule has 2 unspecified atom stereocenters. The van der Waals surface area contributed by atoms with E-state index in [4.69, 9.17) is 0 Å². The van der Waals surface area contributed by atoms with E-state index in [2.05, 4.69) is 5.32 Å². The Bertz CT molecular complexity index is 87.1. The van der Waals surface area contributed by atoms with Crippen molar-refractivity contribution >= 4 is 0 Å². The fourth-order valence-corrected chi connectivity index (χ4v) is 1.17. The van der Waals surface area contributed by atoms with Gasteiger partial charge in [-0.3, -0.25) is 0 Å². The van der Waals surface area contributed by atoms with E-state index in [1.165, 1.54) is 0 Å². The minimum absolute atomic E-state index is 0.0509. The Morgan fingerprint density at radius 3 is 1.89 bits per heavy atom. The van der Waals surface area contributed by atoms with Crippen LogP contribution < -0.4 is 5.32 Å². The van der Waals surface area contributed by atoms with Gasteiger partial charge in [0, 0.05) is 6.04 Å². The maximum Gasteiger partial charge on any atom is 0.133 e. The molecule has 1 nitrogen and oxygen atoms in total. The van der Waals surface area contributed by atoms with Crippen LogP contribution in [0.2, 0.25) is 0 Å². The summed E-state index contributed by atoms with van der Waals surface area (Å²) in [5, 5.41) is 2.84. The van der Waals surface area contributed by atoms with E-state index in [1.807, 2.05) is 0 Å². The maximum atomic E-state index is 12.3. The summed E-state index contributed by atoms with van der Waals surface area (Å²) in [7, 11) is 1.73. The first-order valence-corrected chi connectivity index (χ1v) is 3.19. The van der Waals surface area contributed by atoms with Crippen molar-refractivity contribution < 1.29 is 8.78 Å². The number of halogens is 2. The molecule has 1 aliphatic rings. The van der Waals surface area contributed by atoms with Crippen LogP contribution in [0.5, 0.6) is 0 Å². The zero-order valence-corrected chi connectivity index (χ0v) is 5.40. The number of rotatable bonds is 1. The van der Waals surface area contributed by atoms with Crippen LogP contribution in [0, 0.1) is 0 Å². The van der Waals surface area contributed by atoms with Gasteiger partial charge in [-0.05, 0) is 19.9 Å². The Morgan fingerprint density at radius 1 is 1.22 bits per heavy atom. The lowest BCUT2D eigenvalue weighted by molar-refractivity contribution is 0.199. The minimum atomic E-state index is -1.23. The van der Waals surface area contributed by atoms with Crippen molar-refractivity contribution in [2.24, 2.45) is 0 Å². The molecule has 2 atom stereocenters. The van der Waals surface area contributed by atoms with Gasteiger partial charge in [0.15, 0.2) is 0 Å². The lowest BCUT2D eigenvalue weighted by Gasteiger charge is -2.03. The molecule has 9 heavy (non-hydrogen) atoms. The first kappa shape index (κ1) is 6.93. The Morgan fingerprint density at radius 2 is 1.67 bits per heavy atom. The molecule has 1 N–H and O–H groups in total. The zero-order valence-electron chi connectivity index (χ0n) is 5.40. The van der Waals surface area contributed by atoms with E-state index < -0.39 is 12.3 Å². The molecular formula is C6H11F2N. The molecule has 0 spiro atoms. The highest BCUT2D eigenvalue weighted by Crippen LogP contribution is 2.24. The van der Waals surface area contributed by atoms with Crippen LogP contribution in [0.3, 0.4) is 0 Å². The molecule has 0 saturated heterocycles. The third kappa shape index (κ3) is 1.39. The van der Waals surface area contributed by atoms with Gasteiger partial charge in [-0.15, -0.1) is 0 Å². The van der Waals surface area contributed by atoms with Crippen molar-refractivity contribution in [2.75, 3.05) is 7.05 Å². The fraction of sp³-hybridized carbons (Fsp3) is 1.00. The number of hydrogen-bond donors (Lipinski definition) is 1. The summed E-state index contributed by atoms with van der Waals surface area (Å²) < 4.78 is 24.7. The Kier molecular flexibility index (Phi) is 2.01. The van der Waals surface area contributed by atoms with Crippen LogP contribution in [0.4, 0.5) is 8.78 Å². The first-order valence-electron chi connectivity index (χ1n) is 3.19. The van der Waals surface area contributed by atoms with Gasteiger partial charge >= 0.3 is 0 Å². The summed E-state index contributed by atoms with van der Waals surface area (Å²) in [4.78, 5) is 0. The quantitative estimate of drug-likeness (QED) is 0.566. The van der Waals surface area contributed by atoms with Crippen molar-refractivity contribution in [1.82, 2.24) is 5.32 Å². The highest BCUT2D eigenvalue weighted by Gasteiger charge is 2.33. The van der Waals surface area contributed by atoms with E-state index >= 15 is 0 Å². The van der Waals surface area contributed by atoms with Crippen LogP contribution in [-0.4, -0.2) is 25.4 Å². The van der Waals surface area contributed by atoms with Gasteiger partial charge in [0.1, 0.15) is 12.3 Å². The average Bonchev–Trinajstić information content (AvgIpc) is 2.13. The Labute approximate surface area is 53.4 Å². The second-order valence-electron chi connectivity index (χ2n) is 2.49. The molecule has 0 aliphatic heterocycles. The average molecular weight is 135 g/mol.